The van der Waals surface area contributed by atoms with Crippen LogP contribution in [0.3, 0.4) is 0 Å². The van der Waals surface area contributed by atoms with Crippen LogP contribution in [-0.4, -0.2) is 28.2 Å². The van der Waals surface area contributed by atoms with Gasteiger partial charge in [-0.2, -0.15) is 0 Å². The van der Waals surface area contributed by atoms with Gasteiger partial charge in [0, 0.05) is 18.8 Å². The first-order valence-corrected chi connectivity index (χ1v) is 3.21. The number of aliphatic carboxylic acids is 1. The fraction of sp³-hybridized carbons (Fsp3) is 0.833. The number of hydrogen-bond donors (Lipinski definition) is 2. The van der Waals surface area contributed by atoms with Crippen LogP contribution in [0.15, 0.2) is 0 Å². The van der Waals surface area contributed by atoms with Gasteiger partial charge in [0.05, 0.1) is 0 Å². The normalized spacial score (nSPS) is 25.7. The third-order valence-electron chi connectivity index (χ3n) is 1.82. The number of carboxylic acid groups (broad SMARTS) is 1. The Labute approximate surface area is 61.6 Å². The van der Waals surface area contributed by atoms with E-state index < -0.39 is 36.8 Å². The minimum atomic E-state index is -2.76. The van der Waals surface area contributed by atoms with Gasteiger partial charge in [0.15, 0.2) is 6.10 Å². The zero-order valence-corrected chi connectivity index (χ0v) is 5.63. The van der Waals surface area contributed by atoms with Crippen molar-refractivity contribution in [2.45, 2.75) is 24.9 Å². The summed E-state index contributed by atoms with van der Waals surface area (Å²) in [4.78, 5) is 10.0. The Kier molecular flexibility index (Phi) is 1.83. The van der Waals surface area contributed by atoms with Crippen molar-refractivity contribution in [3.8, 4) is 0 Å². The molecule has 0 saturated heterocycles. The molecular formula is C6H8F2O3. The van der Waals surface area contributed by atoms with Crippen LogP contribution in [0.25, 0.3) is 0 Å². The fourth-order valence-corrected chi connectivity index (χ4v) is 1.13. The lowest BCUT2D eigenvalue weighted by Crippen LogP contribution is -2.45. The van der Waals surface area contributed by atoms with Crippen molar-refractivity contribution < 1.29 is 23.8 Å². The third-order valence-corrected chi connectivity index (χ3v) is 1.82. The van der Waals surface area contributed by atoms with Crippen molar-refractivity contribution in [2.75, 3.05) is 0 Å². The molecule has 1 rings (SSSR count). The molecule has 1 atom stereocenters. The van der Waals surface area contributed by atoms with Gasteiger partial charge in [-0.15, -0.1) is 0 Å². The summed E-state index contributed by atoms with van der Waals surface area (Å²) in [6.07, 6.45) is -2.66. The largest absolute Gasteiger partial charge is 0.479 e. The zero-order chi connectivity index (χ0) is 8.65. The number of carboxylic acids is 1. The van der Waals surface area contributed by atoms with Gasteiger partial charge >= 0.3 is 5.97 Å². The van der Waals surface area contributed by atoms with Crippen LogP contribution < -0.4 is 0 Å². The van der Waals surface area contributed by atoms with Crippen molar-refractivity contribution >= 4 is 5.97 Å². The maximum atomic E-state index is 12.1. The highest BCUT2D eigenvalue weighted by Gasteiger charge is 2.49. The monoisotopic (exact) mass is 166 g/mol. The van der Waals surface area contributed by atoms with Crippen LogP contribution in [0, 0.1) is 5.92 Å². The number of aliphatic hydroxyl groups is 1. The molecule has 0 aliphatic heterocycles. The average molecular weight is 166 g/mol. The molecule has 2 N–H and O–H groups in total. The summed E-state index contributed by atoms with van der Waals surface area (Å²) in [5.41, 5.74) is 0. The first kappa shape index (κ1) is 8.39. The number of aliphatic hydroxyl groups excluding tert-OH is 1. The van der Waals surface area contributed by atoms with Gasteiger partial charge < -0.3 is 10.2 Å². The van der Waals surface area contributed by atoms with Gasteiger partial charge in [0.1, 0.15) is 0 Å². The molecule has 0 aromatic rings. The second kappa shape index (κ2) is 2.41. The molecule has 1 aliphatic rings. The highest BCUT2D eigenvalue weighted by molar-refractivity contribution is 5.72. The number of hydrogen-bond acceptors (Lipinski definition) is 2. The molecule has 5 heteroatoms. The van der Waals surface area contributed by atoms with Crippen LogP contribution in [0.2, 0.25) is 0 Å². The van der Waals surface area contributed by atoms with E-state index in [-0.39, 0.29) is 0 Å². The van der Waals surface area contributed by atoms with E-state index >= 15 is 0 Å². The molecule has 3 nitrogen and oxygen atoms in total. The Hall–Kier alpha value is -0.710. The highest BCUT2D eigenvalue weighted by Crippen LogP contribution is 2.43. The molecule has 0 spiro atoms. The second-order valence-electron chi connectivity index (χ2n) is 2.81. The summed E-state index contributed by atoms with van der Waals surface area (Å²) in [5.74, 6) is -4.96. The molecule has 1 fully saturated rings. The summed E-state index contributed by atoms with van der Waals surface area (Å²) < 4.78 is 24.2. The van der Waals surface area contributed by atoms with Crippen LogP contribution in [0.4, 0.5) is 8.78 Å². The number of halogens is 2. The average Bonchev–Trinajstić information content (AvgIpc) is 1.80. The molecule has 64 valence electrons. The van der Waals surface area contributed by atoms with Gasteiger partial charge in [-0.25, -0.2) is 13.6 Å². The minimum Gasteiger partial charge on any atom is -0.479 e. The van der Waals surface area contributed by atoms with Crippen LogP contribution in [0.1, 0.15) is 12.8 Å². The Bertz CT molecular complexity index is 173. The van der Waals surface area contributed by atoms with Gasteiger partial charge in [0.2, 0.25) is 5.92 Å². The maximum Gasteiger partial charge on any atom is 0.332 e. The number of rotatable bonds is 2. The van der Waals surface area contributed by atoms with Gasteiger partial charge in [-0.1, -0.05) is 0 Å². The van der Waals surface area contributed by atoms with E-state index in [1.165, 1.54) is 0 Å². The maximum absolute atomic E-state index is 12.1. The summed E-state index contributed by atoms with van der Waals surface area (Å²) in [6, 6.07) is 0. The Morgan fingerprint density at radius 2 is 2.00 bits per heavy atom. The zero-order valence-electron chi connectivity index (χ0n) is 5.63. The lowest BCUT2D eigenvalue weighted by molar-refractivity contribution is -0.170. The SMILES string of the molecule is O=C(O)C(O)C1CC(F)(F)C1. The molecular weight excluding hydrogens is 158 g/mol. The smallest absolute Gasteiger partial charge is 0.332 e. The number of carbonyl (C=O) groups is 1. The van der Waals surface area contributed by atoms with Crippen LogP contribution in [-0.2, 0) is 4.79 Å². The van der Waals surface area contributed by atoms with E-state index in [4.69, 9.17) is 10.2 Å². The van der Waals surface area contributed by atoms with E-state index in [2.05, 4.69) is 0 Å². The number of alkyl halides is 2. The second-order valence-corrected chi connectivity index (χ2v) is 2.81. The molecule has 0 aromatic heterocycles. The van der Waals surface area contributed by atoms with E-state index in [9.17, 15) is 13.6 Å². The van der Waals surface area contributed by atoms with Crippen molar-refractivity contribution in [2.24, 2.45) is 5.92 Å². The lowest BCUT2D eigenvalue weighted by atomic mass is 9.77. The third kappa shape index (κ3) is 1.65. The van der Waals surface area contributed by atoms with Gasteiger partial charge in [-0.3, -0.25) is 0 Å². The summed E-state index contributed by atoms with van der Waals surface area (Å²) in [5, 5.41) is 16.9. The van der Waals surface area contributed by atoms with E-state index in [1.807, 2.05) is 0 Å². The van der Waals surface area contributed by atoms with Crippen molar-refractivity contribution in [3.63, 3.8) is 0 Å². The predicted octanol–water partition coefficient (Wildman–Crippen LogP) is 0.477. The van der Waals surface area contributed by atoms with E-state index in [0.29, 0.717) is 0 Å². The summed E-state index contributed by atoms with van der Waals surface area (Å²) >= 11 is 0. The van der Waals surface area contributed by atoms with Crippen LogP contribution >= 0.6 is 0 Å². The van der Waals surface area contributed by atoms with E-state index in [0.717, 1.165) is 0 Å². The Morgan fingerprint density at radius 3 is 2.27 bits per heavy atom. The summed E-state index contributed by atoms with van der Waals surface area (Å²) in [7, 11) is 0. The van der Waals surface area contributed by atoms with Gasteiger partial charge in [-0.05, 0) is 0 Å². The fourth-order valence-electron chi connectivity index (χ4n) is 1.13. The molecule has 0 aromatic carbocycles. The van der Waals surface area contributed by atoms with Crippen LogP contribution in [0.5, 0.6) is 0 Å². The Morgan fingerprint density at radius 1 is 1.55 bits per heavy atom. The molecule has 0 heterocycles. The highest BCUT2D eigenvalue weighted by atomic mass is 19.3. The standard InChI is InChI=1S/C6H8F2O3/c7-6(8)1-3(2-6)4(9)5(10)11/h3-4,9H,1-2H2,(H,10,11). The molecule has 0 bridgehead atoms. The topological polar surface area (TPSA) is 57.5 Å². The predicted molar refractivity (Wildman–Crippen MR) is 31.3 cm³/mol. The van der Waals surface area contributed by atoms with Crippen molar-refractivity contribution in [1.82, 2.24) is 0 Å². The molecule has 0 amide bonds. The minimum absolute atomic E-state index is 0.513. The first-order chi connectivity index (χ1) is 4.92. The quantitative estimate of drug-likeness (QED) is 0.627. The lowest BCUT2D eigenvalue weighted by Gasteiger charge is -2.36. The first-order valence-electron chi connectivity index (χ1n) is 3.21. The summed E-state index contributed by atoms with van der Waals surface area (Å²) in [6.45, 7) is 0. The van der Waals surface area contributed by atoms with Crippen molar-refractivity contribution in [3.05, 3.63) is 0 Å². The van der Waals surface area contributed by atoms with Gasteiger partial charge in [0.25, 0.3) is 0 Å². The molecule has 0 radical (unpaired) electrons. The molecule has 1 unspecified atom stereocenters. The molecule has 1 saturated carbocycles. The van der Waals surface area contributed by atoms with E-state index in [1.54, 1.807) is 0 Å². The Balaban J connectivity index is 2.38. The molecule has 11 heavy (non-hydrogen) atoms. The molecule has 1 aliphatic carbocycles. The van der Waals surface area contributed by atoms with Crippen molar-refractivity contribution in [1.29, 1.82) is 0 Å².